The summed E-state index contributed by atoms with van der Waals surface area (Å²) in [7, 11) is 0. The molecule has 0 spiro atoms. The van der Waals surface area contributed by atoms with Crippen LogP contribution in [-0.4, -0.2) is 26.5 Å². The summed E-state index contributed by atoms with van der Waals surface area (Å²) in [5.74, 6) is 0.348. The Morgan fingerprint density at radius 2 is 2.00 bits per heavy atom. The Balaban J connectivity index is 1.84. The van der Waals surface area contributed by atoms with Crippen molar-refractivity contribution in [3.05, 3.63) is 59.7 Å². The average Bonchev–Trinajstić information content (AvgIpc) is 3.02. The van der Waals surface area contributed by atoms with Gasteiger partial charge in [0.15, 0.2) is 0 Å². The topological polar surface area (TPSA) is 83.6 Å². The Labute approximate surface area is 121 Å². The minimum Gasteiger partial charge on any atom is -0.322 e. The number of hydrogen-bond donors (Lipinski definition) is 2. The second-order valence-corrected chi connectivity index (χ2v) is 4.59. The van der Waals surface area contributed by atoms with Crippen LogP contribution in [0.25, 0.3) is 11.4 Å². The van der Waals surface area contributed by atoms with Crippen LogP contribution in [0, 0.1) is 6.92 Å². The van der Waals surface area contributed by atoms with Crippen LogP contribution in [0.3, 0.4) is 0 Å². The van der Waals surface area contributed by atoms with Crippen molar-refractivity contribution in [2.24, 2.45) is 0 Å². The maximum absolute atomic E-state index is 12.3. The fraction of sp³-hybridized carbons (Fsp3) is 0.0667. The summed E-state index contributed by atoms with van der Waals surface area (Å²) in [6, 6.07) is 14.8. The van der Waals surface area contributed by atoms with Crippen LogP contribution in [0.1, 0.15) is 15.9 Å². The number of aromatic amines is 1. The lowest BCUT2D eigenvalue weighted by Crippen LogP contribution is -2.13. The lowest BCUT2D eigenvalue weighted by molar-refractivity contribution is 0.102. The van der Waals surface area contributed by atoms with Crippen molar-refractivity contribution in [3.8, 4) is 11.4 Å². The molecule has 0 unspecified atom stereocenters. The molecule has 6 nitrogen and oxygen atoms in total. The summed E-state index contributed by atoms with van der Waals surface area (Å²) in [5.41, 5.74) is 3.06. The van der Waals surface area contributed by atoms with Gasteiger partial charge in [0.05, 0.1) is 0 Å². The van der Waals surface area contributed by atoms with Crippen LogP contribution in [0.5, 0.6) is 0 Å². The van der Waals surface area contributed by atoms with E-state index in [0.29, 0.717) is 17.1 Å². The number of carbonyl (C=O) groups is 1. The Morgan fingerprint density at radius 3 is 2.76 bits per heavy atom. The third-order valence-corrected chi connectivity index (χ3v) is 3.11. The molecule has 1 aromatic heterocycles. The molecule has 3 aromatic rings. The zero-order chi connectivity index (χ0) is 14.7. The van der Waals surface area contributed by atoms with Gasteiger partial charge in [-0.3, -0.25) is 4.79 Å². The first kappa shape index (κ1) is 13.0. The molecule has 0 fully saturated rings. The molecule has 104 valence electrons. The number of aromatic nitrogens is 4. The predicted octanol–water partition coefficient (Wildman–Crippen LogP) is 2.43. The fourth-order valence-electron chi connectivity index (χ4n) is 2.05. The van der Waals surface area contributed by atoms with Gasteiger partial charge in [-0.25, -0.2) is 0 Å². The predicted molar refractivity (Wildman–Crippen MR) is 78.7 cm³/mol. The summed E-state index contributed by atoms with van der Waals surface area (Å²) in [6.07, 6.45) is 0. The number of hydrogen-bond acceptors (Lipinski definition) is 4. The molecule has 2 aromatic carbocycles. The van der Waals surface area contributed by atoms with Crippen molar-refractivity contribution in [2.75, 3.05) is 5.32 Å². The standard InChI is InChI=1S/C15H13N5O/c1-10-5-2-3-8-13(10)15(21)16-12-7-4-6-11(9-12)14-17-19-20-18-14/h2-9H,1H3,(H,16,21)(H,17,18,19,20). The van der Waals surface area contributed by atoms with Gasteiger partial charge in [0.1, 0.15) is 0 Å². The smallest absolute Gasteiger partial charge is 0.255 e. The summed E-state index contributed by atoms with van der Waals surface area (Å²) >= 11 is 0. The van der Waals surface area contributed by atoms with Gasteiger partial charge in [0.25, 0.3) is 5.91 Å². The van der Waals surface area contributed by atoms with E-state index >= 15 is 0 Å². The van der Waals surface area contributed by atoms with Gasteiger partial charge >= 0.3 is 0 Å². The number of H-pyrrole nitrogens is 1. The summed E-state index contributed by atoms with van der Waals surface area (Å²) in [5, 5.41) is 16.6. The number of aryl methyl sites for hydroxylation is 1. The van der Waals surface area contributed by atoms with Crippen molar-refractivity contribution in [1.82, 2.24) is 20.6 Å². The highest BCUT2D eigenvalue weighted by atomic mass is 16.1. The highest BCUT2D eigenvalue weighted by molar-refractivity contribution is 6.05. The van der Waals surface area contributed by atoms with Crippen molar-refractivity contribution >= 4 is 11.6 Å². The number of rotatable bonds is 3. The highest BCUT2D eigenvalue weighted by Crippen LogP contribution is 2.19. The third kappa shape index (κ3) is 2.79. The maximum atomic E-state index is 12.3. The van der Waals surface area contributed by atoms with E-state index in [-0.39, 0.29) is 5.91 Å². The van der Waals surface area contributed by atoms with E-state index in [1.807, 2.05) is 43.3 Å². The van der Waals surface area contributed by atoms with Crippen LogP contribution in [0.15, 0.2) is 48.5 Å². The summed E-state index contributed by atoms with van der Waals surface area (Å²) in [4.78, 5) is 12.3. The lowest BCUT2D eigenvalue weighted by atomic mass is 10.1. The molecule has 0 saturated heterocycles. The molecule has 0 radical (unpaired) electrons. The van der Waals surface area contributed by atoms with Crippen LogP contribution >= 0.6 is 0 Å². The van der Waals surface area contributed by atoms with Gasteiger partial charge < -0.3 is 5.32 Å². The van der Waals surface area contributed by atoms with Gasteiger partial charge in [0, 0.05) is 16.8 Å². The van der Waals surface area contributed by atoms with E-state index in [4.69, 9.17) is 0 Å². The van der Waals surface area contributed by atoms with Gasteiger partial charge in [-0.1, -0.05) is 30.3 Å². The molecule has 6 heteroatoms. The quantitative estimate of drug-likeness (QED) is 0.771. The molecule has 3 rings (SSSR count). The second-order valence-electron chi connectivity index (χ2n) is 4.59. The number of anilines is 1. The second kappa shape index (κ2) is 5.54. The van der Waals surface area contributed by atoms with E-state index in [0.717, 1.165) is 11.1 Å². The van der Waals surface area contributed by atoms with Gasteiger partial charge in [0.2, 0.25) is 5.82 Å². The van der Waals surface area contributed by atoms with E-state index < -0.39 is 0 Å². The largest absolute Gasteiger partial charge is 0.322 e. The minimum atomic E-state index is -0.140. The van der Waals surface area contributed by atoms with Crippen molar-refractivity contribution < 1.29 is 4.79 Å². The molecule has 0 bridgehead atoms. The number of benzene rings is 2. The zero-order valence-electron chi connectivity index (χ0n) is 11.4. The Morgan fingerprint density at radius 1 is 1.14 bits per heavy atom. The first-order chi connectivity index (χ1) is 10.2. The molecular weight excluding hydrogens is 266 g/mol. The van der Waals surface area contributed by atoms with E-state index in [9.17, 15) is 4.79 Å². The van der Waals surface area contributed by atoms with Crippen LogP contribution < -0.4 is 5.32 Å². The van der Waals surface area contributed by atoms with Crippen LogP contribution in [0.4, 0.5) is 5.69 Å². The molecule has 1 amide bonds. The minimum absolute atomic E-state index is 0.140. The Bertz CT molecular complexity index is 767. The monoisotopic (exact) mass is 279 g/mol. The summed E-state index contributed by atoms with van der Waals surface area (Å²) in [6.45, 7) is 1.91. The van der Waals surface area contributed by atoms with Gasteiger partial charge in [-0.05, 0) is 35.9 Å². The average molecular weight is 279 g/mol. The van der Waals surface area contributed by atoms with E-state index in [1.54, 1.807) is 12.1 Å². The molecule has 0 aliphatic rings. The van der Waals surface area contributed by atoms with Crippen molar-refractivity contribution in [3.63, 3.8) is 0 Å². The highest BCUT2D eigenvalue weighted by Gasteiger charge is 2.09. The number of carbonyl (C=O) groups excluding carboxylic acids is 1. The molecular formula is C15H13N5O. The van der Waals surface area contributed by atoms with Crippen LogP contribution in [0.2, 0.25) is 0 Å². The number of tetrazole rings is 1. The SMILES string of the molecule is Cc1ccccc1C(=O)Nc1cccc(-c2nn[nH]n2)c1. The fourth-order valence-corrected chi connectivity index (χ4v) is 2.05. The van der Waals surface area contributed by atoms with E-state index in [2.05, 4.69) is 25.9 Å². The maximum Gasteiger partial charge on any atom is 0.255 e. The molecule has 0 aliphatic heterocycles. The third-order valence-electron chi connectivity index (χ3n) is 3.11. The van der Waals surface area contributed by atoms with E-state index in [1.165, 1.54) is 0 Å². The van der Waals surface area contributed by atoms with Crippen LogP contribution in [-0.2, 0) is 0 Å². The molecule has 0 saturated carbocycles. The van der Waals surface area contributed by atoms with Crippen molar-refractivity contribution in [2.45, 2.75) is 6.92 Å². The van der Waals surface area contributed by atoms with Gasteiger partial charge in [-0.2, -0.15) is 5.21 Å². The lowest BCUT2D eigenvalue weighted by Gasteiger charge is -2.08. The first-order valence-electron chi connectivity index (χ1n) is 6.45. The Kier molecular flexibility index (Phi) is 3.42. The van der Waals surface area contributed by atoms with Crippen molar-refractivity contribution in [1.29, 1.82) is 0 Å². The Hall–Kier alpha value is -3.02. The summed E-state index contributed by atoms with van der Waals surface area (Å²) < 4.78 is 0. The molecule has 0 atom stereocenters. The number of nitrogens with one attached hydrogen (secondary N) is 2. The number of nitrogens with zero attached hydrogens (tertiary/aromatic N) is 3. The van der Waals surface area contributed by atoms with Gasteiger partial charge in [-0.15, -0.1) is 10.2 Å². The molecule has 0 aliphatic carbocycles. The molecule has 21 heavy (non-hydrogen) atoms. The number of amides is 1. The first-order valence-corrected chi connectivity index (χ1v) is 6.45. The zero-order valence-corrected chi connectivity index (χ0v) is 11.4. The molecule has 2 N–H and O–H groups in total. The molecule has 1 heterocycles. The normalized spacial score (nSPS) is 10.3.